The molecule has 0 N–H and O–H groups in total. The van der Waals surface area contributed by atoms with E-state index in [9.17, 15) is 18.5 Å². The van der Waals surface area contributed by atoms with Crippen molar-refractivity contribution in [3.05, 3.63) is 32.8 Å². The second-order valence-electron chi connectivity index (χ2n) is 5.31. The lowest BCUT2D eigenvalue weighted by Crippen LogP contribution is -2.31. The fourth-order valence-electron chi connectivity index (χ4n) is 2.67. The lowest BCUT2D eigenvalue weighted by Gasteiger charge is -2.20. The Bertz CT molecular complexity index is 642. The summed E-state index contributed by atoms with van der Waals surface area (Å²) >= 11 is 3.17. The zero-order chi connectivity index (χ0) is 15.6. The van der Waals surface area contributed by atoms with Crippen molar-refractivity contribution in [1.82, 2.24) is 4.31 Å². The van der Waals surface area contributed by atoms with Gasteiger partial charge in [-0.05, 0) is 30.9 Å². The topological polar surface area (TPSA) is 80.5 Å². The van der Waals surface area contributed by atoms with Gasteiger partial charge in [-0.2, -0.15) is 0 Å². The summed E-state index contributed by atoms with van der Waals surface area (Å²) in [4.78, 5) is 10.1. The average Bonchev–Trinajstić information content (AvgIpc) is 2.91. The number of benzene rings is 1. The van der Waals surface area contributed by atoms with Crippen LogP contribution in [0.25, 0.3) is 0 Å². The van der Waals surface area contributed by atoms with E-state index in [0.717, 1.165) is 25.7 Å². The first kappa shape index (κ1) is 16.4. The van der Waals surface area contributed by atoms with E-state index >= 15 is 0 Å². The van der Waals surface area contributed by atoms with Gasteiger partial charge >= 0.3 is 0 Å². The summed E-state index contributed by atoms with van der Waals surface area (Å²) < 4.78 is 26.9. The molecule has 0 aromatic heterocycles. The minimum absolute atomic E-state index is 0.262. The van der Waals surface area contributed by atoms with Gasteiger partial charge < -0.3 is 0 Å². The van der Waals surface area contributed by atoms with Crippen molar-refractivity contribution in [2.24, 2.45) is 5.92 Å². The summed E-state index contributed by atoms with van der Waals surface area (Å²) in [6, 6.07) is 3.97. The summed E-state index contributed by atoms with van der Waals surface area (Å²) in [5.74, 6) is 0.344. The van der Waals surface area contributed by atoms with Crippen LogP contribution in [0.15, 0.2) is 27.6 Å². The highest BCUT2D eigenvalue weighted by atomic mass is 79.9. The maximum absolute atomic E-state index is 12.6. The molecular weight excluding hydrogens is 360 g/mol. The number of nitrogens with zero attached hydrogens (tertiary/aromatic N) is 2. The number of halogens is 1. The van der Waals surface area contributed by atoms with Crippen LogP contribution in [0.1, 0.15) is 25.7 Å². The highest BCUT2D eigenvalue weighted by Gasteiger charge is 2.31. The molecule has 8 heteroatoms. The Morgan fingerprint density at radius 1 is 1.38 bits per heavy atom. The zero-order valence-corrected chi connectivity index (χ0v) is 14.1. The molecule has 0 aliphatic heterocycles. The van der Waals surface area contributed by atoms with Crippen molar-refractivity contribution >= 4 is 31.6 Å². The Labute approximate surface area is 132 Å². The van der Waals surface area contributed by atoms with E-state index in [2.05, 4.69) is 15.9 Å². The van der Waals surface area contributed by atoms with Crippen molar-refractivity contribution in [3.8, 4) is 0 Å². The van der Waals surface area contributed by atoms with Gasteiger partial charge in [0.25, 0.3) is 5.69 Å². The summed E-state index contributed by atoms with van der Waals surface area (Å²) in [7, 11) is -2.38. The number of rotatable bonds is 5. The molecule has 1 saturated carbocycles. The van der Waals surface area contributed by atoms with E-state index in [1.165, 1.54) is 29.6 Å². The van der Waals surface area contributed by atoms with E-state index in [4.69, 9.17) is 0 Å². The first-order chi connectivity index (χ1) is 9.82. The van der Waals surface area contributed by atoms with Gasteiger partial charge in [0.05, 0.1) is 4.92 Å². The van der Waals surface area contributed by atoms with Crippen LogP contribution < -0.4 is 0 Å². The van der Waals surface area contributed by atoms with Crippen molar-refractivity contribution in [1.29, 1.82) is 0 Å². The van der Waals surface area contributed by atoms with Crippen molar-refractivity contribution < 1.29 is 13.3 Å². The number of hydrogen-bond donors (Lipinski definition) is 0. The first-order valence-corrected chi connectivity index (χ1v) is 8.96. The second kappa shape index (κ2) is 6.41. The molecule has 2 rings (SSSR count). The molecule has 0 saturated heterocycles. The minimum Gasteiger partial charge on any atom is -0.258 e. The van der Waals surface area contributed by atoms with Crippen molar-refractivity contribution in [2.45, 2.75) is 30.6 Å². The third kappa shape index (κ3) is 3.61. The molecule has 1 fully saturated rings. The highest BCUT2D eigenvalue weighted by molar-refractivity contribution is 9.10. The lowest BCUT2D eigenvalue weighted by molar-refractivity contribution is -0.387. The minimum atomic E-state index is -3.86. The van der Waals surface area contributed by atoms with Crippen LogP contribution in [0.3, 0.4) is 0 Å². The van der Waals surface area contributed by atoms with E-state index in [0.29, 0.717) is 16.9 Å². The third-order valence-electron chi connectivity index (χ3n) is 3.80. The predicted molar refractivity (Wildman–Crippen MR) is 82.6 cm³/mol. The summed E-state index contributed by atoms with van der Waals surface area (Å²) in [5.41, 5.74) is -0.392. The maximum atomic E-state index is 12.6. The van der Waals surface area contributed by atoms with Crippen LogP contribution in [0, 0.1) is 16.0 Å². The molecule has 0 spiro atoms. The van der Waals surface area contributed by atoms with Crippen LogP contribution in [-0.2, 0) is 10.0 Å². The van der Waals surface area contributed by atoms with Gasteiger partial charge in [-0.15, -0.1) is 0 Å². The normalized spacial score (nSPS) is 16.5. The molecule has 1 aromatic rings. The number of nitro groups is 1. The van der Waals surface area contributed by atoms with Gasteiger partial charge in [0.2, 0.25) is 10.0 Å². The summed E-state index contributed by atoms with van der Waals surface area (Å²) in [6.07, 6.45) is 4.27. The average molecular weight is 377 g/mol. The van der Waals surface area contributed by atoms with Crippen molar-refractivity contribution in [2.75, 3.05) is 13.6 Å². The second-order valence-corrected chi connectivity index (χ2v) is 8.23. The molecule has 0 radical (unpaired) electrons. The van der Waals surface area contributed by atoms with Gasteiger partial charge in [0.15, 0.2) is 4.90 Å². The molecule has 0 heterocycles. The number of sulfonamides is 1. The Morgan fingerprint density at radius 2 is 2.00 bits per heavy atom. The Hall–Kier alpha value is -0.990. The predicted octanol–water partition coefficient (Wildman–Crippen LogP) is 3.17. The Morgan fingerprint density at radius 3 is 2.57 bits per heavy atom. The quantitative estimate of drug-likeness (QED) is 0.583. The first-order valence-electron chi connectivity index (χ1n) is 6.72. The smallest absolute Gasteiger partial charge is 0.258 e. The summed E-state index contributed by atoms with van der Waals surface area (Å²) in [6.45, 7) is 0.409. The largest absolute Gasteiger partial charge is 0.289 e. The van der Waals surface area contributed by atoms with Crippen molar-refractivity contribution in [3.63, 3.8) is 0 Å². The molecule has 1 aromatic carbocycles. The molecule has 1 aliphatic rings. The fourth-order valence-corrected chi connectivity index (χ4v) is 4.61. The van der Waals surface area contributed by atoms with E-state index in [-0.39, 0.29) is 4.90 Å². The molecule has 0 amide bonds. The monoisotopic (exact) mass is 376 g/mol. The SMILES string of the molecule is CN(CC1CCCC1)S(=O)(=O)c1cc(Br)ccc1[N+](=O)[O-]. The van der Waals surface area contributed by atoms with Gasteiger partial charge in [-0.3, -0.25) is 10.1 Å². The Balaban J connectivity index is 2.33. The van der Waals surface area contributed by atoms with E-state index in [1.54, 1.807) is 0 Å². The standard InChI is InChI=1S/C13H17BrN2O4S/c1-15(9-10-4-2-3-5-10)21(19,20)13-8-11(14)6-7-12(13)16(17)18/h6-8,10H,2-5,9H2,1H3. The third-order valence-corrected chi connectivity index (χ3v) is 6.14. The molecular formula is C13H17BrN2O4S. The van der Waals surface area contributed by atoms with Gasteiger partial charge in [0, 0.05) is 24.1 Å². The van der Waals surface area contributed by atoms with Crippen LogP contribution in [-0.4, -0.2) is 31.2 Å². The highest BCUT2D eigenvalue weighted by Crippen LogP contribution is 2.31. The molecule has 0 atom stereocenters. The molecule has 6 nitrogen and oxygen atoms in total. The van der Waals surface area contributed by atoms with Crippen LogP contribution in [0.4, 0.5) is 5.69 Å². The van der Waals surface area contributed by atoms with E-state index < -0.39 is 20.6 Å². The maximum Gasteiger partial charge on any atom is 0.289 e. The molecule has 0 bridgehead atoms. The Kier molecular flexibility index (Phi) is 5.00. The molecule has 0 unspecified atom stereocenters. The number of nitro benzene ring substituents is 1. The molecule has 21 heavy (non-hydrogen) atoms. The van der Waals surface area contributed by atoms with Gasteiger partial charge in [-0.25, -0.2) is 12.7 Å². The lowest BCUT2D eigenvalue weighted by atomic mass is 10.1. The molecule has 1 aliphatic carbocycles. The van der Waals surface area contributed by atoms with Gasteiger partial charge in [0.1, 0.15) is 0 Å². The number of hydrogen-bond acceptors (Lipinski definition) is 4. The zero-order valence-electron chi connectivity index (χ0n) is 11.7. The van der Waals surface area contributed by atoms with Crippen LogP contribution in [0.2, 0.25) is 0 Å². The summed E-state index contributed by atoms with van der Waals surface area (Å²) in [5, 5.41) is 11.1. The van der Waals surface area contributed by atoms with E-state index in [1.807, 2.05) is 0 Å². The van der Waals surface area contributed by atoms with Gasteiger partial charge in [-0.1, -0.05) is 28.8 Å². The molecule has 116 valence electrons. The van der Waals surface area contributed by atoms with Crippen LogP contribution in [0.5, 0.6) is 0 Å². The van der Waals surface area contributed by atoms with Crippen LogP contribution >= 0.6 is 15.9 Å². The fraction of sp³-hybridized carbons (Fsp3) is 0.538.